The summed E-state index contributed by atoms with van der Waals surface area (Å²) in [6, 6.07) is 13.0. The number of aromatic nitrogens is 1. The molecule has 1 heterocycles. The summed E-state index contributed by atoms with van der Waals surface area (Å²) in [4.78, 5) is 15.2. The smallest absolute Gasteiger partial charge is 0.410 e. The van der Waals surface area contributed by atoms with Crippen molar-refractivity contribution in [3.63, 3.8) is 0 Å². The molecule has 0 fully saturated rings. The number of anilines is 1. The number of benzene rings is 1. The van der Waals surface area contributed by atoms with E-state index in [2.05, 4.69) is 24.1 Å². The van der Waals surface area contributed by atoms with Gasteiger partial charge in [-0.25, -0.2) is 9.78 Å². The molecular formula is C17H20N2O3. The monoisotopic (exact) mass is 300 g/mol. The highest BCUT2D eigenvalue weighted by Gasteiger charge is 2.08. The standard InChI is InChI=1S/C17H20N2O3/c1-12(2)8-9-22-14-10-15(13-6-4-3-5-7-13)18-16(11-14)19-17(20)21/h3-7,10-12H,8-9H2,1-2H3,(H,18,19)(H,20,21). The van der Waals surface area contributed by atoms with E-state index in [0.29, 0.717) is 24.0 Å². The van der Waals surface area contributed by atoms with Gasteiger partial charge in [-0.1, -0.05) is 44.2 Å². The third kappa shape index (κ3) is 4.77. The van der Waals surface area contributed by atoms with Gasteiger partial charge in [-0.3, -0.25) is 5.32 Å². The van der Waals surface area contributed by atoms with Crippen LogP contribution in [-0.2, 0) is 0 Å². The van der Waals surface area contributed by atoms with Crippen molar-refractivity contribution in [2.24, 2.45) is 5.92 Å². The number of carbonyl (C=O) groups is 1. The second-order valence-corrected chi connectivity index (χ2v) is 5.40. The predicted molar refractivity (Wildman–Crippen MR) is 86.3 cm³/mol. The summed E-state index contributed by atoms with van der Waals surface area (Å²) in [5.41, 5.74) is 1.58. The van der Waals surface area contributed by atoms with E-state index >= 15 is 0 Å². The lowest BCUT2D eigenvalue weighted by molar-refractivity contribution is 0.209. The van der Waals surface area contributed by atoms with Crippen molar-refractivity contribution in [2.45, 2.75) is 20.3 Å². The van der Waals surface area contributed by atoms with E-state index in [-0.39, 0.29) is 5.82 Å². The van der Waals surface area contributed by atoms with E-state index in [4.69, 9.17) is 9.84 Å². The number of carboxylic acid groups (broad SMARTS) is 1. The van der Waals surface area contributed by atoms with Crippen LogP contribution in [0.2, 0.25) is 0 Å². The van der Waals surface area contributed by atoms with Crippen LogP contribution in [0.25, 0.3) is 11.3 Å². The maximum Gasteiger partial charge on any atom is 0.410 e. The molecule has 0 bridgehead atoms. The van der Waals surface area contributed by atoms with E-state index in [1.54, 1.807) is 6.07 Å². The number of pyridine rings is 1. The van der Waals surface area contributed by atoms with Gasteiger partial charge in [0.05, 0.1) is 12.3 Å². The van der Waals surface area contributed by atoms with Crippen LogP contribution in [0.3, 0.4) is 0 Å². The molecule has 0 saturated carbocycles. The average Bonchev–Trinajstić information content (AvgIpc) is 2.47. The Morgan fingerprint density at radius 1 is 1.27 bits per heavy atom. The predicted octanol–water partition coefficient (Wildman–Crippen LogP) is 4.26. The lowest BCUT2D eigenvalue weighted by Gasteiger charge is -2.11. The van der Waals surface area contributed by atoms with E-state index in [1.807, 2.05) is 36.4 Å². The molecular weight excluding hydrogens is 280 g/mol. The number of amides is 1. The minimum atomic E-state index is -1.15. The largest absolute Gasteiger partial charge is 0.493 e. The minimum Gasteiger partial charge on any atom is -0.493 e. The van der Waals surface area contributed by atoms with Crippen LogP contribution >= 0.6 is 0 Å². The van der Waals surface area contributed by atoms with Gasteiger partial charge in [0.25, 0.3) is 0 Å². The first-order valence-corrected chi connectivity index (χ1v) is 7.25. The maximum absolute atomic E-state index is 10.8. The Hall–Kier alpha value is -2.56. The maximum atomic E-state index is 10.8. The first kappa shape index (κ1) is 15.8. The van der Waals surface area contributed by atoms with Crippen LogP contribution in [-0.4, -0.2) is 22.8 Å². The quantitative estimate of drug-likeness (QED) is 0.836. The van der Waals surface area contributed by atoms with Crippen LogP contribution in [0, 0.1) is 5.92 Å². The fourth-order valence-electron chi connectivity index (χ4n) is 1.93. The highest BCUT2D eigenvalue weighted by atomic mass is 16.5. The zero-order valence-electron chi connectivity index (χ0n) is 12.7. The van der Waals surface area contributed by atoms with E-state index in [9.17, 15) is 4.79 Å². The summed E-state index contributed by atoms with van der Waals surface area (Å²) in [6.07, 6.45) is -0.212. The Bertz CT molecular complexity index is 627. The summed E-state index contributed by atoms with van der Waals surface area (Å²) >= 11 is 0. The third-order valence-electron chi connectivity index (χ3n) is 3.07. The van der Waals surface area contributed by atoms with Gasteiger partial charge in [0.2, 0.25) is 0 Å². The van der Waals surface area contributed by atoms with Crippen LogP contribution < -0.4 is 10.1 Å². The molecule has 0 aliphatic heterocycles. The van der Waals surface area contributed by atoms with Crippen molar-refractivity contribution >= 4 is 11.9 Å². The molecule has 2 aromatic rings. The molecule has 1 aromatic heterocycles. The van der Waals surface area contributed by atoms with Crippen LogP contribution in [0.4, 0.5) is 10.6 Å². The van der Waals surface area contributed by atoms with E-state index < -0.39 is 6.09 Å². The van der Waals surface area contributed by atoms with Gasteiger partial charge < -0.3 is 9.84 Å². The molecule has 2 rings (SSSR count). The number of ether oxygens (including phenoxy) is 1. The number of rotatable bonds is 6. The highest BCUT2D eigenvalue weighted by Crippen LogP contribution is 2.25. The summed E-state index contributed by atoms with van der Waals surface area (Å²) in [5.74, 6) is 1.42. The number of nitrogens with one attached hydrogen (secondary N) is 1. The first-order chi connectivity index (χ1) is 10.5. The van der Waals surface area contributed by atoms with Crippen molar-refractivity contribution in [3.8, 4) is 17.0 Å². The molecule has 0 aliphatic carbocycles. The molecule has 1 aromatic carbocycles. The summed E-state index contributed by atoms with van der Waals surface area (Å²) in [7, 11) is 0. The zero-order valence-corrected chi connectivity index (χ0v) is 12.7. The van der Waals surface area contributed by atoms with Gasteiger partial charge in [-0.05, 0) is 12.3 Å². The fraction of sp³-hybridized carbons (Fsp3) is 0.294. The molecule has 2 N–H and O–H groups in total. The lowest BCUT2D eigenvalue weighted by Crippen LogP contribution is -2.10. The van der Waals surface area contributed by atoms with Gasteiger partial charge in [0, 0.05) is 17.7 Å². The van der Waals surface area contributed by atoms with Crippen molar-refractivity contribution in [1.29, 1.82) is 0 Å². The average molecular weight is 300 g/mol. The normalized spacial score (nSPS) is 10.5. The topological polar surface area (TPSA) is 71.5 Å². The second kappa shape index (κ2) is 7.45. The molecule has 1 amide bonds. The summed E-state index contributed by atoms with van der Waals surface area (Å²) in [6.45, 7) is 4.84. The van der Waals surface area contributed by atoms with Crippen LogP contribution in [0.5, 0.6) is 5.75 Å². The summed E-state index contributed by atoms with van der Waals surface area (Å²) in [5, 5.41) is 11.2. The Kier molecular flexibility index (Phi) is 5.36. The SMILES string of the molecule is CC(C)CCOc1cc(NC(=O)O)nc(-c2ccccc2)c1. The van der Waals surface area contributed by atoms with E-state index in [1.165, 1.54) is 0 Å². The first-order valence-electron chi connectivity index (χ1n) is 7.25. The van der Waals surface area contributed by atoms with Crippen molar-refractivity contribution in [1.82, 2.24) is 4.98 Å². The molecule has 0 atom stereocenters. The van der Waals surface area contributed by atoms with Crippen molar-refractivity contribution in [2.75, 3.05) is 11.9 Å². The zero-order chi connectivity index (χ0) is 15.9. The molecule has 0 saturated heterocycles. The Morgan fingerprint density at radius 2 is 2.00 bits per heavy atom. The Morgan fingerprint density at radius 3 is 2.64 bits per heavy atom. The summed E-state index contributed by atoms with van der Waals surface area (Å²) < 4.78 is 5.73. The molecule has 0 radical (unpaired) electrons. The minimum absolute atomic E-state index is 0.258. The number of hydrogen-bond donors (Lipinski definition) is 2. The van der Waals surface area contributed by atoms with Crippen molar-refractivity contribution < 1.29 is 14.6 Å². The van der Waals surface area contributed by atoms with Gasteiger partial charge in [-0.15, -0.1) is 0 Å². The molecule has 5 heteroatoms. The highest BCUT2D eigenvalue weighted by molar-refractivity contribution is 5.82. The fourth-order valence-corrected chi connectivity index (χ4v) is 1.93. The Labute approximate surface area is 130 Å². The molecule has 0 aliphatic rings. The van der Waals surface area contributed by atoms with Crippen LogP contribution in [0.15, 0.2) is 42.5 Å². The molecule has 0 spiro atoms. The van der Waals surface area contributed by atoms with E-state index in [0.717, 1.165) is 12.0 Å². The second-order valence-electron chi connectivity index (χ2n) is 5.40. The van der Waals surface area contributed by atoms with Gasteiger partial charge in [0.15, 0.2) is 0 Å². The Balaban J connectivity index is 2.26. The molecule has 5 nitrogen and oxygen atoms in total. The molecule has 116 valence electrons. The van der Waals surface area contributed by atoms with Gasteiger partial charge in [0.1, 0.15) is 11.6 Å². The molecule has 0 unspecified atom stereocenters. The van der Waals surface area contributed by atoms with Gasteiger partial charge in [-0.2, -0.15) is 0 Å². The molecule has 22 heavy (non-hydrogen) atoms. The number of nitrogens with zero attached hydrogens (tertiary/aromatic N) is 1. The van der Waals surface area contributed by atoms with Crippen molar-refractivity contribution in [3.05, 3.63) is 42.5 Å². The van der Waals surface area contributed by atoms with Crippen LogP contribution in [0.1, 0.15) is 20.3 Å². The third-order valence-corrected chi connectivity index (χ3v) is 3.07. The number of hydrogen-bond acceptors (Lipinski definition) is 3. The lowest BCUT2D eigenvalue weighted by atomic mass is 10.1. The van der Waals surface area contributed by atoms with Gasteiger partial charge >= 0.3 is 6.09 Å².